The Morgan fingerprint density at radius 1 is 1.30 bits per heavy atom. The number of hydrogen-bond acceptors (Lipinski definition) is 10. The number of carbonyl (C=O) groups is 1. The largest absolute Gasteiger partial charge is 0.508 e. The maximum atomic E-state index is 12.0. The van der Waals surface area contributed by atoms with Gasteiger partial charge in [-0.3, -0.25) is 24.5 Å². The number of aliphatic hydroxyl groups is 2. The summed E-state index contributed by atoms with van der Waals surface area (Å²) in [4.78, 5) is 48.0. The number of nitro groups is 1. The first-order chi connectivity index (χ1) is 15.6. The van der Waals surface area contributed by atoms with E-state index in [9.17, 15) is 34.7 Å². The maximum Gasteiger partial charge on any atom is 0.508 e. The lowest BCUT2D eigenvalue weighted by molar-refractivity contribution is -0.385. The second-order valence-electron chi connectivity index (χ2n) is 7.18. The number of aromatic amines is 1. The lowest BCUT2D eigenvalue weighted by Crippen LogP contribution is -2.38. The normalized spacial score (nSPS) is 22.2. The highest BCUT2D eigenvalue weighted by atomic mass is 79.9. The van der Waals surface area contributed by atoms with Gasteiger partial charge in [0.05, 0.1) is 11.5 Å². The van der Waals surface area contributed by atoms with Crippen molar-refractivity contribution in [3.63, 3.8) is 0 Å². The van der Waals surface area contributed by atoms with Crippen molar-refractivity contribution < 1.29 is 34.1 Å². The van der Waals surface area contributed by atoms with Gasteiger partial charge in [-0.25, -0.2) is 9.59 Å². The summed E-state index contributed by atoms with van der Waals surface area (Å²) in [7, 11) is 0. The zero-order valence-corrected chi connectivity index (χ0v) is 18.8. The molecule has 33 heavy (non-hydrogen) atoms. The number of carbonyl (C=O) groups excluding carboxylic acids is 1. The monoisotopic (exact) mass is 529 g/mol. The van der Waals surface area contributed by atoms with E-state index in [2.05, 4.69) is 20.9 Å². The fourth-order valence-corrected chi connectivity index (χ4v) is 3.82. The molecule has 1 fully saturated rings. The Kier molecular flexibility index (Phi) is 7.63. The molecule has 3 rings (SSSR count). The SMILES string of the molecule is Cc1cn([C@@H]2O[C@H](COC(=O)OCCc3c(Br)cccc3[N+](=O)[O-])C(O)C2O)c(=O)[nH]c1=O. The van der Waals surface area contributed by atoms with E-state index in [0.717, 1.165) is 4.57 Å². The number of nitro benzene ring substituents is 1. The standard InChI is InChI=1S/C19H20BrN3O10/c1-9-7-22(18(27)21-16(9)26)17-15(25)14(24)13(33-17)8-32-19(28)31-6-5-10-11(20)3-2-4-12(10)23(29)30/h2-4,7,13-15,17,24-25H,5-6,8H2,1H3,(H,21,26,27)/t13-,14?,15?,17-/m1/s1. The minimum Gasteiger partial charge on any atom is -0.434 e. The van der Waals surface area contributed by atoms with E-state index in [0.29, 0.717) is 10.0 Å². The van der Waals surface area contributed by atoms with E-state index in [1.165, 1.54) is 25.3 Å². The molecule has 178 valence electrons. The molecule has 0 aliphatic carbocycles. The van der Waals surface area contributed by atoms with Crippen molar-refractivity contribution in [2.24, 2.45) is 0 Å². The minimum atomic E-state index is -1.53. The number of aryl methyl sites for hydroxylation is 1. The van der Waals surface area contributed by atoms with Crippen LogP contribution in [-0.2, 0) is 20.6 Å². The van der Waals surface area contributed by atoms with Crippen LogP contribution in [0.25, 0.3) is 0 Å². The highest BCUT2D eigenvalue weighted by Crippen LogP contribution is 2.29. The van der Waals surface area contributed by atoms with Crippen LogP contribution in [0, 0.1) is 17.0 Å². The van der Waals surface area contributed by atoms with Gasteiger partial charge in [0.25, 0.3) is 11.2 Å². The molecule has 0 saturated carbocycles. The number of benzene rings is 1. The summed E-state index contributed by atoms with van der Waals surface area (Å²) < 4.78 is 16.7. The number of aromatic nitrogens is 2. The van der Waals surface area contributed by atoms with Gasteiger partial charge < -0.3 is 24.4 Å². The van der Waals surface area contributed by atoms with Crippen molar-refractivity contribution in [3.8, 4) is 0 Å². The Labute approximate surface area is 193 Å². The van der Waals surface area contributed by atoms with Crippen LogP contribution < -0.4 is 11.2 Å². The fraction of sp³-hybridized carbons (Fsp3) is 0.421. The number of rotatable bonds is 7. The Hall–Kier alpha value is -3.07. The minimum absolute atomic E-state index is 0.0463. The molecule has 14 heteroatoms. The molecule has 2 unspecified atom stereocenters. The van der Waals surface area contributed by atoms with Crippen LogP contribution in [0.1, 0.15) is 17.4 Å². The molecule has 1 aliphatic rings. The molecule has 0 amide bonds. The molecule has 1 saturated heterocycles. The quantitative estimate of drug-likeness (QED) is 0.259. The zero-order chi connectivity index (χ0) is 24.3. The fourth-order valence-electron chi connectivity index (χ4n) is 3.27. The highest BCUT2D eigenvalue weighted by molar-refractivity contribution is 9.10. The first-order valence-electron chi connectivity index (χ1n) is 9.65. The van der Waals surface area contributed by atoms with Gasteiger partial charge in [0.1, 0.15) is 24.9 Å². The summed E-state index contributed by atoms with van der Waals surface area (Å²) in [6.45, 7) is 0.735. The van der Waals surface area contributed by atoms with Gasteiger partial charge in [0.15, 0.2) is 6.23 Å². The van der Waals surface area contributed by atoms with Crippen molar-refractivity contribution in [2.75, 3.05) is 13.2 Å². The third-order valence-electron chi connectivity index (χ3n) is 4.99. The average molecular weight is 530 g/mol. The van der Waals surface area contributed by atoms with E-state index in [1.54, 1.807) is 6.07 Å². The lowest BCUT2D eigenvalue weighted by atomic mass is 10.1. The van der Waals surface area contributed by atoms with Crippen molar-refractivity contribution in [1.29, 1.82) is 0 Å². The van der Waals surface area contributed by atoms with Crippen LogP contribution in [0.5, 0.6) is 0 Å². The maximum absolute atomic E-state index is 12.0. The Morgan fingerprint density at radius 3 is 2.73 bits per heavy atom. The molecule has 4 atom stereocenters. The number of nitrogens with zero attached hydrogens (tertiary/aromatic N) is 2. The number of halogens is 1. The van der Waals surface area contributed by atoms with E-state index in [1.807, 2.05) is 0 Å². The Morgan fingerprint density at radius 2 is 2.03 bits per heavy atom. The predicted octanol–water partition coefficient (Wildman–Crippen LogP) is 0.531. The number of aliphatic hydroxyl groups excluding tert-OH is 2. The number of H-pyrrole nitrogens is 1. The topological polar surface area (TPSA) is 183 Å². The van der Waals surface area contributed by atoms with Crippen LogP contribution >= 0.6 is 15.9 Å². The first-order valence-corrected chi connectivity index (χ1v) is 10.4. The number of hydrogen-bond donors (Lipinski definition) is 3. The first kappa shape index (κ1) is 24.6. The van der Waals surface area contributed by atoms with E-state index < -0.39 is 53.5 Å². The van der Waals surface area contributed by atoms with E-state index >= 15 is 0 Å². The second-order valence-corrected chi connectivity index (χ2v) is 8.03. The molecule has 1 aromatic heterocycles. The predicted molar refractivity (Wildman–Crippen MR) is 114 cm³/mol. The summed E-state index contributed by atoms with van der Waals surface area (Å²) in [6, 6.07) is 4.46. The van der Waals surface area contributed by atoms with Crippen LogP contribution in [0.3, 0.4) is 0 Å². The number of nitrogens with one attached hydrogen (secondary N) is 1. The van der Waals surface area contributed by atoms with Gasteiger partial charge in [-0.2, -0.15) is 0 Å². The highest BCUT2D eigenvalue weighted by Gasteiger charge is 2.44. The average Bonchev–Trinajstić information content (AvgIpc) is 3.04. The van der Waals surface area contributed by atoms with Crippen LogP contribution in [-0.4, -0.2) is 62.4 Å². The van der Waals surface area contributed by atoms with Gasteiger partial charge >= 0.3 is 11.8 Å². The smallest absolute Gasteiger partial charge is 0.434 e. The van der Waals surface area contributed by atoms with Crippen LogP contribution in [0.15, 0.2) is 38.5 Å². The molecular formula is C19H20BrN3O10. The molecule has 13 nitrogen and oxygen atoms in total. The van der Waals surface area contributed by atoms with Gasteiger partial charge in [-0.05, 0) is 13.0 Å². The summed E-state index contributed by atoms with van der Waals surface area (Å²) in [5.41, 5.74) is -1.04. The van der Waals surface area contributed by atoms with Crippen molar-refractivity contribution in [1.82, 2.24) is 9.55 Å². The molecule has 0 bridgehead atoms. The Balaban J connectivity index is 1.55. The third kappa shape index (κ3) is 5.47. The summed E-state index contributed by atoms with van der Waals surface area (Å²) in [5, 5.41) is 31.5. The van der Waals surface area contributed by atoms with E-state index in [-0.39, 0.29) is 24.3 Å². The third-order valence-corrected chi connectivity index (χ3v) is 5.73. The second kappa shape index (κ2) is 10.2. The van der Waals surface area contributed by atoms with Gasteiger partial charge in [-0.15, -0.1) is 0 Å². The van der Waals surface area contributed by atoms with Crippen LogP contribution in [0.4, 0.5) is 10.5 Å². The van der Waals surface area contributed by atoms with Gasteiger partial charge in [-0.1, -0.05) is 22.0 Å². The zero-order valence-electron chi connectivity index (χ0n) is 17.2. The van der Waals surface area contributed by atoms with Crippen LogP contribution in [0.2, 0.25) is 0 Å². The van der Waals surface area contributed by atoms with Crippen molar-refractivity contribution in [3.05, 3.63) is 70.9 Å². The molecule has 1 aliphatic heterocycles. The summed E-state index contributed by atoms with van der Waals surface area (Å²) in [5.74, 6) is 0. The lowest BCUT2D eigenvalue weighted by Gasteiger charge is -2.17. The molecule has 1 aromatic carbocycles. The Bertz CT molecular complexity index is 1160. The molecule has 0 spiro atoms. The number of ether oxygens (including phenoxy) is 3. The molecule has 3 N–H and O–H groups in total. The van der Waals surface area contributed by atoms with Crippen molar-refractivity contribution in [2.45, 2.75) is 37.9 Å². The molecular weight excluding hydrogens is 510 g/mol. The van der Waals surface area contributed by atoms with Gasteiger partial charge in [0, 0.05) is 34.3 Å². The van der Waals surface area contributed by atoms with Gasteiger partial charge in [0.2, 0.25) is 0 Å². The molecule has 2 heterocycles. The summed E-state index contributed by atoms with van der Waals surface area (Å²) >= 11 is 3.22. The summed E-state index contributed by atoms with van der Waals surface area (Å²) in [6.07, 6.45) is -5.41. The molecule has 2 aromatic rings. The van der Waals surface area contributed by atoms with Crippen molar-refractivity contribution >= 4 is 27.8 Å². The van der Waals surface area contributed by atoms with E-state index in [4.69, 9.17) is 14.2 Å². The molecule has 0 radical (unpaired) electrons.